The maximum atomic E-state index is 6.07. The van der Waals surface area contributed by atoms with Crippen molar-refractivity contribution in [2.24, 2.45) is 4.99 Å². The molecule has 0 saturated carbocycles. The number of hydrogen-bond acceptors (Lipinski definition) is 2. The van der Waals surface area contributed by atoms with Gasteiger partial charge in [0.25, 0.3) is 0 Å². The lowest BCUT2D eigenvalue weighted by Gasteiger charge is -2.05. The fraction of sp³-hybridized carbons (Fsp3) is 0.0556. The van der Waals surface area contributed by atoms with Crippen LogP contribution in [-0.4, -0.2) is 6.21 Å². The van der Waals surface area contributed by atoms with Crippen LogP contribution in [0.1, 0.15) is 11.1 Å². The van der Waals surface area contributed by atoms with E-state index in [-0.39, 0.29) is 0 Å². The van der Waals surface area contributed by atoms with Crippen molar-refractivity contribution >= 4 is 28.4 Å². The van der Waals surface area contributed by atoms with Crippen LogP contribution in [0.4, 0.5) is 11.4 Å². The number of aryl methyl sites for hydroxylation is 1. The molecule has 0 fully saturated rings. The van der Waals surface area contributed by atoms with Crippen molar-refractivity contribution in [1.29, 1.82) is 0 Å². The Morgan fingerprint density at radius 3 is 2.35 bits per heavy atom. The molecule has 0 heterocycles. The Morgan fingerprint density at radius 1 is 0.900 bits per heavy atom. The van der Waals surface area contributed by atoms with E-state index in [1.54, 1.807) is 0 Å². The normalized spacial score (nSPS) is 11.2. The second-order valence-electron chi connectivity index (χ2n) is 4.89. The maximum absolute atomic E-state index is 6.07. The van der Waals surface area contributed by atoms with Crippen LogP contribution < -0.4 is 5.73 Å². The number of hydrogen-bond donors (Lipinski definition) is 1. The second kappa shape index (κ2) is 5.17. The summed E-state index contributed by atoms with van der Waals surface area (Å²) in [6.07, 6.45) is 1.88. The number of fused-ring (bicyclic) bond motifs is 1. The first-order chi connectivity index (χ1) is 9.74. The molecular weight excluding hydrogens is 244 g/mol. The molecule has 3 rings (SSSR count). The third kappa shape index (κ3) is 2.41. The first kappa shape index (κ1) is 12.4. The van der Waals surface area contributed by atoms with Crippen molar-refractivity contribution in [3.8, 4) is 0 Å². The fourth-order valence-corrected chi connectivity index (χ4v) is 2.25. The topological polar surface area (TPSA) is 38.4 Å². The van der Waals surface area contributed by atoms with E-state index in [0.29, 0.717) is 0 Å². The lowest BCUT2D eigenvalue weighted by molar-refractivity contribution is 1.46. The zero-order valence-electron chi connectivity index (χ0n) is 11.4. The summed E-state index contributed by atoms with van der Waals surface area (Å²) < 4.78 is 0. The third-order valence-electron chi connectivity index (χ3n) is 3.34. The van der Waals surface area contributed by atoms with Gasteiger partial charge in [0.2, 0.25) is 0 Å². The van der Waals surface area contributed by atoms with Crippen molar-refractivity contribution < 1.29 is 0 Å². The van der Waals surface area contributed by atoms with Crippen LogP contribution in [0, 0.1) is 6.92 Å². The third-order valence-corrected chi connectivity index (χ3v) is 3.34. The number of benzene rings is 3. The van der Waals surface area contributed by atoms with Crippen molar-refractivity contribution in [2.75, 3.05) is 5.73 Å². The molecule has 0 amide bonds. The molecule has 2 nitrogen and oxygen atoms in total. The van der Waals surface area contributed by atoms with Crippen molar-refractivity contribution in [1.82, 2.24) is 0 Å². The minimum absolute atomic E-state index is 0.763. The minimum atomic E-state index is 0.763. The first-order valence-corrected chi connectivity index (χ1v) is 6.62. The lowest BCUT2D eigenvalue weighted by Crippen LogP contribution is -1.87. The number of aliphatic imine (C=N–C) groups is 1. The summed E-state index contributed by atoms with van der Waals surface area (Å²) in [5.74, 6) is 0. The van der Waals surface area contributed by atoms with Crippen LogP contribution >= 0.6 is 0 Å². The van der Waals surface area contributed by atoms with Gasteiger partial charge in [0.15, 0.2) is 0 Å². The second-order valence-corrected chi connectivity index (χ2v) is 4.89. The zero-order valence-corrected chi connectivity index (χ0v) is 11.4. The van der Waals surface area contributed by atoms with E-state index in [2.05, 4.69) is 48.3 Å². The van der Waals surface area contributed by atoms with Gasteiger partial charge in [-0.3, -0.25) is 4.99 Å². The van der Waals surface area contributed by atoms with Gasteiger partial charge >= 0.3 is 0 Å². The Hall–Kier alpha value is -2.61. The van der Waals surface area contributed by atoms with Gasteiger partial charge in [0.1, 0.15) is 0 Å². The minimum Gasteiger partial charge on any atom is -0.398 e. The highest BCUT2D eigenvalue weighted by atomic mass is 14.7. The Kier molecular flexibility index (Phi) is 3.21. The van der Waals surface area contributed by atoms with Crippen molar-refractivity contribution in [2.45, 2.75) is 6.92 Å². The Labute approximate surface area is 118 Å². The van der Waals surface area contributed by atoms with E-state index in [1.165, 1.54) is 5.56 Å². The Balaban J connectivity index is 2.04. The number of rotatable bonds is 2. The molecule has 0 saturated heterocycles. The smallest absolute Gasteiger partial charge is 0.0728 e. The van der Waals surface area contributed by atoms with E-state index in [4.69, 9.17) is 5.73 Å². The van der Waals surface area contributed by atoms with E-state index in [0.717, 1.165) is 27.7 Å². The first-order valence-electron chi connectivity index (χ1n) is 6.62. The summed E-state index contributed by atoms with van der Waals surface area (Å²) in [6.45, 7) is 2.08. The molecule has 0 atom stereocenters. The molecule has 0 aliphatic heterocycles. The fourth-order valence-electron chi connectivity index (χ4n) is 2.25. The van der Waals surface area contributed by atoms with E-state index < -0.39 is 0 Å². The van der Waals surface area contributed by atoms with Gasteiger partial charge in [-0.05, 0) is 30.0 Å². The Bertz CT molecular complexity index is 766. The maximum Gasteiger partial charge on any atom is 0.0728 e. The average Bonchev–Trinajstić information content (AvgIpc) is 2.47. The summed E-state index contributed by atoms with van der Waals surface area (Å²) in [6, 6.07) is 20.3. The van der Waals surface area contributed by atoms with E-state index in [1.807, 2.05) is 30.5 Å². The summed E-state index contributed by atoms with van der Waals surface area (Å²) in [5.41, 5.74) is 10.1. The molecule has 3 aromatic rings. The molecule has 0 aliphatic rings. The molecule has 2 N–H and O–H groups in total. The molecule has 98 valence electrons. The van der Waals surface area contributed by atoms with Gasteiger partial charge in [0.05, 0.1) is 5.69 Å². The molecule has 20 heavy (non-hydrogen) atoms. The number of nitrogen functional groups attached to an aromatic ring is 1. The van der Waals surface area contributed by atoms with Gasteiger partial charge in [-0.1, -0.05) is 54.1 Å². The summed E-state index contributed by atoms with van der Waals surface area (Å²) in [7, 11) is 0. The van der Waals surface area contributed by atoms with Crippen molar-refractivity contribution in [3.05, 3.63) is 71.8 Å². The molecule has 0 aliphatic carbocycles. The van der Waals surface area contributed by atoms with Crippen LogP contribution in [0.15, 0.2) is 65.7 Å². The van der Waals surface area contributed by atoms with Gasteiger partial charge in [0, 0.05) is 17.3 Å². The highest BCUT2D eigenvalue weighted by Crippen LogP contribution is 2.30. The van der Waals surface area contributed by atoms with Crippen LogP contribution in [0.2, 0.25) is 0 Å². The van der Waals surface area contributed by atoms with Gasteiger partial charge in [-0.2, -0.15) is 0 Å². The Morgan fingerprint density at radius 2 is 1.60 bits per heavy atom. The molecule has 3 aromatic carbocycles. The van der Waals surface area contributed by atoms with Crippen LogP contribution in [0.5, 0.6) is 0 Å². The predicted molar refractivity (Wildman–Crippen MR) is 86.8 cm³/mol. The monoisotopic (exact) mass is 260 g/mol. The standard InChI is InChI=1S/C18H16N2/c1-13-8-10-14(11-9-13)12-20-17-7-3-5-15-4-2-6-16(19)18(15)17/h2-12H,19H2,1H3. The van der Waals surface area contributed by atoms with Crippen LogP contribution in [0.25, 0.3) is 10.8 Å². The quantitative estimate of drug-likeness (QED) is 0.535. The molecule has 0 bridgehead atoms. The van der Waals surface area contributed by atoms with E-state index in [9.17, 15) is 0 Å². The van der Waals surface area contributed by atoms with Gasteiger partial charge in [-0.15, -0.1) is 0 Å². The molecular formula is C18H16N2. The highest BCUT2D eigenvalue weighted by molar-refractivity contribution is 6.02. The predicted octanol–water partition coefficient (Wildman–Crippen LogP) is 4.48. The van der Waals surface area contributed by atoms with Gasteiger partial charge in [-0.25, -0.2) is 0 Å². The lowest BCUT2D eigenvalue weighted by atomic mass is 10.1. The summed E-state index contributed by atoms with van der Waals surface area (Å²) >= 11 is 0. The van der Waals surface area contributed by atoms with Crippen LogP contribution in [0.3, 0.4) is 0 Å². The molecule has 0 aromatic heterocycles. The van der Waals surface area contributed by atoms with Crippen molar-refractivity contribution in [3.63, 3.8) is 0 Å². The largest absolute Gasteiger partial charge is 0.398 e. The SMILES string of the molecule is Cc1ccc(C=Nc2cccc3cccc(N)c23)cc1. The molecule has 0 radical (unpaired) electrons. The number of anilines is 1. The van der Waals surface area contributed by atoms with Crippen LogP contribution in [-0.2, 0) is 0 Å². The average molecular weight is 260 g/mol. The highest BCUT2D eigenvalue weighted by Gasteiger charge is 2.02. The van der Waals surface area contributed by atoms with E-state index >= 15 is 0 Å². The van der Waals surface area contributed by atoms with Gasteiger partial charge < -0.3 is 5.73 Å². The summed E-state index contributed by atoms with van der Waals surface area (Å²) in [4.78, 5) is 4.59. The molecule has 0 spiro atoms. The molecule has 2 heteroatoms. The molecule has 0 unspecified atom stereocenters. The zero-order chi connectivity index (χ0) is 13.9. The number of nitrogens with zero attached hydrogens (tertiary/aromatic N) is 1. The number of nitrogens with two attached hydrogens (primary N) is 1. The summed E-state index contributed by atoms with van der Waals surface area (Å²) in [5, 5.41) is 2.13.